The highest BCUT2D eigenvalue weighted by Crippen LogP contribution is 2.12. The molecule has 112 valence electrons. The number of hydrogen-bond acceptors (Lipinski definition) is 3. The number of rotatable bonds is 5. The number of nitrogens with one attached hydrogen (secondary N) is 1. The van der Waals surface area contributed by atoms with E-state index in [0.717, 1.165) is 11.3 Å². The summed E-state index contributed by atoms with van der Waals surface area (Å²) in [6.07, 6.45) is 2.79. The number of imide groups is 1. The Kier molecular flexibility index (Phi) is 4.14. The Morgan fingerprint density at radius 1 is 1.05 bits per heavy atom. The Bertz CT molecular complexity index is 658. The number of carbonyl (C=O) groups excluding carboxylic acids is 2. The van der Waals surface area contributed by atoms with E-state index in [1.165, 1.54) is 4.90 Å². The van der Waals surface area contributed by atoms with Gasteiger partial charge in [0.05, 0.1) is 0 Å². The van der Waals surface area contributed by atoms with Crippen LogP contribution in [0.3, 0.4) is 0 Å². The first-order chi connectivity index (χ1) is 10.7. The van der Waals surface area contributed by atoms with E-state index in [4.69, 9.17) is 0 Å². The van der Waals surface area contributed by atoms with E-state index in [-0.39, 0.29) is 11.9 Å². The molecular weight excluding hydrogens is 278 g/mol. The third-order valence-corrected chi connectivity index (χ3v) is 3.71. The Morgan fingerprint density at radius 3 is 2.55 bits per heavy atom. The van der Waals surface area contributed by atoms with Crippen LogP contribution < -0.4 is 5.32 Å². The number of aromatic nitrogens is 1. The zero-order chi connectivity index (χ0) is 15.4. The molecule has 1 aliphatic rings. The summed E-state index contributed by atoms with van der Waals surface area (Å²) in [5.74, 6) is -0.162. The van der Waals surface area contributed by atoms with Crippen molar-refractivity contribution in [1.82, 2.24) is 15.2 Å². The molecule has 1 aliphatic heterocycles. The molecule has 1 saturated heterocycles. The first-order valence-electron chi connectivity index (χ1n) is 7.30. The van der Waals surface area contributed by atoms with Crippen LogP contribution in [-0.4, -0.2) is 34.4 Å². The van der Waals surface area contributed by atoms with Gasteiger partial charge in [0.25, 0.3) is 5.91 Å². The van der Waals surface area contributed by atoms with E-state index in [1.54, 1.807) is 6.20 Å². The van der Waals surface area contributed by atoms with E-state index < -0.39 is 6.04 Å². The Morgan fingerprint density at radius 2 is 1.82 bits per heavy atom. The minimum absolute atomic E-state index is 0.162. The summed E-state index contributed by atoms with van der Waals surface area (Å²) in [5.41, 5.74) is 1.90. The third-order valence-electron chi connectivity index (χ3n) is 3.71. The largest absolute Gasteiger partial charge is 0.325 e. The molecule has 0 spiro atoms. The number of urea groups is 1. The topological polar surface area (TPSA) is 62.3 Å². The summed E-state index contributed by atoms with van der Waals surface area (Å²) in [7, 11) is 0. The summed E-state index contributed by atoms with van der Waals surface area (Å²) >= 11 is 0. The second-order valence-electron chi connectivity index (χ2n) is 5.25. The van der Waals surface area contributed by atoms with Crippen molar-refractivity contribution in [2.45, 2.75) is 18.9 Å². The lowest BCUT2D eigenvalue weighted by atomic mass is 10.1. The van der Waals surface area contributed by atoms with Crippen molar-refractivity contribution in [3.05, 3.63) is 66.0 Å². The Balaban J connectivity index is 1.62. The van der Waals surface area contributed by atoms with Gasteiger partial charge in [-0.25, -0.2) is 4.79 Å². The van der Waals surface area contributed by atoms with Crippen molar-refractivity contribution < 1.29 is 9.59 Å². The van der Waals surface area contributed by atoms with Crippen LogP contribution in [0.5, 0.6) is 0 Å². The van der Waals surface area contributed by atoms with Gasteiger partial charge in [0.15, 0.2) is 0 Å². The second kappa shape index (κ2) is 6.39. The highest BCUT2D eigenvalue weighted by atomic mass is 16.2. The lowest BCUT2D eigenvalue weighted by Crippen LogP contribution is -2.34. The number of amides is 3. The fourth-order valence-corrected chi connectivity index (χ4v) is 2.55. The summed E-state index contributed by atoms with van der Waals surface area (Å²) < 4.78 is 0. The van der Waals surface area contributed by atoms with Gasteiger partial charge >= 0.3 is 6.03 Å². The molecule has 1 atom stereocenters. The minimum atomic E-state index is -0.473. The van der Waals surface area contributed by atoms with Crippen LogP contribution in [0.25, 0.3) is 0 Å². The van der Waals surface area contributed by atoms with Crippen LogP contribution in [0.15, 0.2) is 54.7 Å². The first-order valence-corrected chi connectivity index (χ1v) is 7.30. The third kappa shape index (κ3) is 3.14. The number of carbonyl (C=O) groups is 2. The van der Waals surface area contributed by atoms with Crippen LogP contribution in [0.4, 0.5) is 4.79 Å². The number of pyridine rings is 1. The van der Waals surface area contributed by atoms with Crippen LogP contribution >= 0.6 is 0 Å². The summed E-state index contributed by atoms with van der Waals surface area (Å²) in [5, 5.41) is 2.76. The van der Waals surface area contributed by atoms with Gasteiger partial charge in [0, 0.05) is 31.3 Å². The lowest BCUT2D eigenvalue weighted by Gasteiger charge is -2.12. The molecule has 1 N–H and O–H groups in total. The predicted octanol–water partition coefficient (Wildman–Crippen LogP) is 1.79. The number of nitrogens with zero attached hydrogens (tertiary/aromatic N) is 2. The molecule has 0 bridgehead atoms. The van der Waals surface area contributed by atoms with E-state index in [9.17, 15) is 9.59 Å². The molecule has 5 heteroatoms. The van der Waals surface area contributed by atoms with Crippen LogP contribution in [-0.2, 0) is 17.6 Å². The smallest absolute Gasteiger partial charge is 0.324 e. The van der Waals surface area contributed by atoms with Crippen molar-refractivity contribution in [2.24, 2.45) is 0 Å². The fourth-order valence-electron chi connectivity index (χ4n) is 2.55. The van der Waals surface area contributed by atoms with Gasteiger partial charge in [-0.05, 0) is 17.7 Å². The molecular formula is C17H17N3O2. The van der Waals surface area contributed by atoms with Crippen molar-refractivity contribution in [2.75, 3.05) is 6.54 Å². The molecule has 5 nitrogen and oxygen atoms in total. The molecule has 0 saturated carbocycles. The highest BCUT2D eigenvalue weighted by molar-refractivity contribution is 6.04. The summed E-state index contributed by atoms with van der Waals surface area (Å²) in [4.78, 5) is 29.8. The molecule has 22 heavy (non-hydrogen) atoms. The van der Waals surface area contributed by atoms with E-state index in [0.29, 0.717) is 19.4 Å². The first kappa shape index (κ1) is 14.3. The molecule has 3 amide bonds. The highest BCUT2D eigenvalue weighted by Gasteiger charge is 2.37. The zero-order valence-corrected chi connectivity index (χ0v) is 12.1. The van der Waals surface area contributed by atoms with Gasteiger partial charge in [-0.1, -0.05) is 36.4 Å². The molecule has 1 fully saturated rings. The summed E-state index contributed by atoms with van der Waals surface area (Å²) in [6, 6.07) is 14.5. The monoisotopic (exact) mass is 295 g/mol. The lowest BCUT2D eigenvalue weighted by molar-refractivity contribution is -0.127. The van der Waals surface area contributed by atoms with Gasteiger partial charge < -0.3 is 5.32 Å². The maximum atomic E-state index is 12.4. The molecule has 3 rings (SSSR count). The van der Waals surface area contributed by atoms with Gasteiger partial charge in [0.2, 0.25) is 0 Å². The van der Waals surface area contributed by atoms with Crippen molar-refractivity contribution in [1.29, 1.82) is 0 Å². The van der Waals surface area contributed by atoms with Gasteiger partial charge in [-0.15, -0.1) is 0 Å². The summed E-state index contributed by atoms with van der Waals surface area (Å²) in [6.45, 7) is 0.354. The van der Waals surface area contributed by atoms with E-state index in [1.807, 2.05) is 48.5 Å². The second-order valence-corrected chi connectivity index (χ2v) is 5.25. The SMILES string of the molecule is O=C1N[C@H](Cc2ccccc2)C(=O)N1CCc1ccccn1. The quantitative estimate of drug-likeness (QED) is 0.855. The number of benzene rings is 1. The van der Waals surface area contributed by atoms with Crippen molar-refractivity contribution in [3.8, 4) is 0 Å². The molecule has 0 unspecified atom stereocenters. The average Bonchev–Trinajstić information content (AvgIpc) is 2.81. The Hall–Kier alpha value is -2.69. The van der Waals surface area contributed by atoms with Gasteiger partial charge in [0.1, 0.15) is 6.04 Å². The standard InChI is InChI=1S/C17H17N3O2/c21-16-15(12-13-6-2-1-3-7-13)19-17(22)20(16)11-9-14-8-4-5-10-18-14/h1-8,10,15H,9,11-12H2,(H,19,22)/t15-/m1/s1. The van der Waals surface area contributed by atoms with Crippen molar-refractivity contribution in [3.63, 3.8) is 0 Å². The molecule has 2 aromatic rings. The molecule has 2 heterocycles. The molecule has 0 aliphatic carbocycles. The maximum absolute atomic E-state index is 12.4. The Labute approximate surface area is 129 Å². The van der Waals surface area contributed by atoms with Crippen LogP contribution in [0, 0.1) is 0 Å². The molecule has 1 aromatic carbocycles. The van der Waals surface area contributed by atoms with E-state index in [2.05, 4.69) is 10.3 Å². The van der Waals surface area contributed by atoms with Gasteiger partial charge in [-0.3, -0.25) is 14.7 Å². The normalized spacial score (nSPS) is 17.6. The van der Waals surface area contributed by atoms with E-state index >= 15 is 0 Å². The zero-order valence-electron chi connectivity index (χ0n) is 12.1. The fraction of sp³-hybridized carbons (Fsp3) is 0.235. The molecule has 0 radical (unpaired) electrons. The van der Waals surface area contributed by atoms with Crippen molar-refractivity contribution >= 4 is 11.9 Å². The molecule has 1 aromatic heterocycles. The number of hydrogen-bond donors (Lipinski definition) is 1. The maximum Gasteiger partial charge on any atom is 0.324 e. The van der Waals surface area contributed by atoms with Gasteiger partial charge in [-0.2, -0.15) is 0 Å². The van der Waals surface area contributed by atoms with Crippen LogP contribution in [0.2, 0.25) is 0 Å². The average molecular weight is 295 g/mol. The van der Waals surface area contributed by atoms with Crippen LogP contribution in [0.1, 0.15) is 11.3 Å². The minimum Gasteiger partial charge on any atom is -0.325 e. The predicted molar refractivity (Wildman–Crippen MR) is 82.1 cm³/mol.